The van der Waals surface area contributed by atoms with E-state index >= 15 is 0 Å². The van der Waals surface area contributed by atoms with Crippen LogP contribution in [0.2, 0.25) is 0 Å². The van der Waals surface area contributed by atoms with Crippen molar-refractivity contribution in [3.63, 3.8) is 0 Å². The van der Waals surface area contributed by atoms with Gasteiger partial charge in [0.25, 0.3) is 0 Å². The SMILES string of the molecule is CC1(C)OB(Cc2ccc(F)c(C#N)c2)OC1(C)C. The molecule has 100 valence electrons. The summed E-state index contributed by atoms with van der Waals surface area (Å²) in [5, 5.41) is 8.82. The molecule has 1 aromatic carbocycles. The van der Waals surface area contributed by atoms with Gasteiger partial charge in [0.1, 0.15) is 11.9 Å². The minimum atomic E-state index is -0.500. The van der Waals surface area contributed by atoms with E-state index in [4.69, 9.17) is 14.6 Å². The first-order chi connectivity index (χ1) is 8.75. The molecule has 1 aliphatic heterocycles. The summed E-state index contributed by atoms with van der Waals surface area (Å²) >= 11 is 0. The Kier molecular flexibility index (Phi) is 3.42. The first-order valence-electron chi connectivity index (χ1n) is 6.29. The van der Waals surface area contributed by atoms with Crippen molar-refractivity contribution >= 4 is 7.12 Å². The summed E-state index contributed by atoms with van der Waals surface area (Å²) in [5.74, 6) is -0.500. The Hall–Kier alpha value is -1.38. The number of rotatable bonds is 2. The second kappa shape index (κ2) is 4.62. The number of benzene rings is 1. The molecule has 0 aromatic heterocycles. The largest absolute Gasteiger partial charge is 0.462 e. The lowest BCUT2D eigenvalue weighted by molar-refractivity contribution is 0.00578. The summed E-state index contributed by atoms with van der Waals surface area (Å²) in [4.78, 5) is 0. The van der Waals surface area contributed by atoms with E-state index in [1.165, 1.54) is 6.07 Å². The molecule has 0 unspecified atom stereocenters. The zero-order valence-corrected chi connectivity index (χ0v) is 11.7. The molecule has 0 bridgehead atoms. The highest BCUT2D eigenvalue weighted by atomic mass is 19.1. The van der Waals surface area contributed by atoms with Gasteiger partial charge in [-0.1, -0.05) is 6.07 Å². The predicted molar refractivity (Wildman–Crippen MR) is 70.9 cm³/mol. The van der Waals surface area contributed by atoms with Crippen LogP contribution in [0, 0.1) is 17.1 Å². The van der Waals surface area contributed by atoms with Crippen LogP contribution in [0.25, 0.3) is 0 Å². The Morgan fingerprint density at radius 2 is 1.79 bits per heavy atom. The van der Waals surface area contributed by atoms with E-state index in [-0.39, 0.29) is 23.9 Å². The van der Waals surface area contributed by atoms with Crippen LogP contribution < -0.4 is 0 Å². The number of nitrogens with zero attached hydrogens (tertiary/aromatic N) is 1. The van der Waals surface area contributed by atoms with Gasteiger partial charge in [-0.15, -0.1) is 0 Å². The highest BCUT2D eigenvalue weighted by Gasteiger charge is 2.50. The summed E-state index contributed by atoms with van der Waals surface area (Å²) in [6, 6.07) is 6.34. The van der Waals surface area contributed by atoms with Gasteiger partial charge in [0.2, 0.25) is 0 Å². The van der Waals surface area contributed by atoms with Crippen molar-refractivity contribution in [3.8, 4) is 6.07 Å². The maximum atomic E-state index is 13.2. The predicted octanol–water partition coefficient (Wildman–Crippen LogP) is 2.87. The molecule has 1 saturated heterocycles. The maximum Gasteiger partial charge on any atom is 0.462 e. The van der Waals surface area contributed by atoms with E-state index < -0.39 is 5.82 Å². The van der Waals surface area contributed by atoms with Gasteiger partial charge in [-0.3, -0.25) is 0 Å². The summed E-state index contributed by atoms with van der Waals surface area (Å²) in [5.41, 5.74) is 0.122. The molecule has 1 fully saturated rings. The fraction of sp³-hybridized carbons (Fsp3) is 0.500. The van der Waals surface area contributed by atoms with Crippen LogP contribution in [0.1, 0.15) is 38.8 Å². The standard InChI is InChI=1S/C14H17BFNO2/c1-13(2)14(3,4)19-15(18-13)8-10-5-6-12(16)11(7-10)9-17/h5-7H,8H2,1-4H3. The van der Waals surface area contributed by atoms with Crippen molar-refractivity contribution in [2.24, 2.45) is 0 Å². The lowest BCUT2D eigenvalue weighted by atomic mass is 9.80. The Morgan fingerprint density at radius 1 is 1.21 bits per heavy atom. The summed E-state index contributed by atoms with van der Waals surface area (Å²) in [6.07, 6.45) is 0.502. The average Bonchev–Trinajstić information content (AvgIpc) is 2.50. The van der Waals surface area contributed by atoms with Crippen LogP contribution in [0.5, 0.6) is 0 Å². The fourth-order valence-electron chi connectivity index (χ4n) is 2.03. The van der Waals surface area contributed by atoms with Gasteiger partial charge in [0, 0.05) is 6.32 Å². The molecule has 0 saturated carbocycles. The van der Waals surface area contributed by atoms with Gasteiger partial charge in [-0.2, -0.15) is 5.26 Å². The van der Waals surface area contributed by atoms with Crippen molar-refractivity contribution in [2.75, 3.05) is 0 Å². The third kappa shape index (κ3) is 2.65. The van der Waals surface area contributed by atoms with Gasteiger partial charge in [0.05, 0.1) is 16.8 Å². The molecular weight excluding hydrogens is 244 g/mol. The Morgan fingerprint density at radius 3 is 2.32 bits per heavy atom. The summed E-state index contributed by atoms with van der Waals surface area (Å²) in [7, 11) is -0.373. The third-order valence-electron chi connectivity index (χ3n) is 3.86. The van der Waals surface area contributed by atoms with Crippen LogP contribution in [0.15, 0.2) is 18.2 Å². The molecular formula is C14H17BFNO2. The molecule has 1 aliphatic rings. The monoisotopic (exact) mass is 261 g/mol. The smallest absolute Gasteiger partial charge is 0.403 e. The van der Waals surface area contributed by atoms with Crippen molar-refractivity contribution in [1.29, 1.82) is 5.26 Å². The molecule has 0 radical (unpaired) electrons. The number of hydrogen-bond acceptors (Lipinski definition) is 3. The molecule has 0 atom stereocenters. The van der Waals surface area contributed by atoms with Crippen LogP contribution in [0.4, 0.5) is 4.39 Å². The van der Waals surface area contributed by atoms with Gasteiger partial charge in [0.15, 0.2) is 0 Å². The van der Waals surface area contributed by atoms with Gasteiger partial charge in [-0.05, 0) is 45.4 Å². The topological polar surface area (TPSA) is 42.2 Å². The van der Waals surface area contributed by atoms with Crippen LogP contribution in [-0.2, 0) is 15.6 Å². The maximum absolute atomic E-state index is 13.2. The van der Waals surface area contributed by atoms with Crippen LogP contribution in [0.3, 0.4) is 0 Å². The summed E-state index contributed by atoms with van der Waals surface area (Å²) < 4.78 is 25.0. The quantitative estimate of drug-likeness (QED) is 0.769. The molecule has 0 N–H and O–H groups in total. The van der Waals surface area contributed by atoms with Crippen LogP contribution in [-0.4, -0.2) is 18.3 Å². The van der Waals surface area contributed by atoms with Crippen molar-refractivity contribution < 1.29 is 13.7 Å². The zero-order chi connectivity index (χ0) is 14.3. The van der Waals surface area contributed by atoms with Crippen molar-refractivity contribution in [2.45, 2.75) is 45.2 Å². The third-order valence-corrected chi connectivity index (χ3v) is 3.86. The first kappa shape index (κ1) is 14.0. The Labute approximate surface area is 113 Å². The van der Waals surface area contributed by atoms with Crippen molar-refractivity contribution in [1.82, 2.24) is 0 Å². The molecule has 5 heteroatoms. The van der Waals surface area contributed by atoms with Crippen molar-refractivity contribution in [3.05, 3.63) is 35.1 Å². The number of halogens is 1. The average molecular weight is 261 g/mol. The van der Waals surface area contributed by atoms with Gasteiger partial charge in [-0.25, -0.2) is 4.39 Å². The highest BCUT2D eigenvalue weighted by Crippen LogP contribution is 2.37. The van der Waals surface area contributed by atoms with E-state index in [0.717, 1.165) is 5.56 Å². The number of hydrogen-bond donors (Lipinski definition) is 0. The van der Waals surface area contributed by atoms with E-state index in [1.807, 2.05) is 33.8 Å². The molecule has 0 spiro atoms. The second-order valence-corrected chi connectivity index (χ2v) is 5.82. The first-order valence-corrected chi connectivity index (χ1v) is 6.29. The lowest BCUT2D eigenvalue weighted by Crippen LogP contribution is -2.41. The number of nitriles is 1. The highest BCUT2D eigenvalue weighted by molar-refractivity contribution is 6.45. The van der Waals surface area contributed by atoms with E-state index in [2.05, 4.69) is 0 Å². The van der Waals surface area contributed by atoms with Crippen LogP contribution >= 0.6 is 0 Å². The van der Waals surface area contributed by atoms with Gasteiger partial charge >= 0.3 is 7.12 Å². The molecule has 2 rings (SSSR count). The Balaban J connectivity index is 2.14. The van der Waals surface area contributed by atoms with Gasteiger partial charge < -0.3 is 9.31 Å². The molecule has 1 aromatic rings. The minimum absolute atomic E-state index is 0.0500. The molecule has 3 nitrogen and oxygen atoms in total. The normalized spacial score (nSPS) is 20.3. The molecule has 19 heavy (non-hydrogen) atoms. The Bertz CT molecular complexity index is 521. The summed E-state index contributed by atoms with van der Waals surface area (Å²) in [6.45, 7) is 7.94. The van der Waals surface area contributed by atoms with E-state index in [1.54, 1.807) is 12.1 Å². The second-order valence-electron chi connectivity index (χ2n) is 5.82. The zero-order valence-electron chi connectivity index (χ0n) is 11.7. The molecule has 0 aliphatic carbocycles. The molecule has 0 amide bonds. The molecule has 1 heterocycles. The van der Waals surface area contributed by atoms with E-state index in [0.29, 0.717) is 6.32 Å². The lowest BCUT2D eigenvalue weighted by Gasteiger charge is -2.32. The fourth-order valence-corrected chi connectivity index (χ4v) is 2.03. The minimum Gasteiger partial charge on any atom is -0.403 e. The van der Waals surface area contributed by atoms with E-state index in [9.17, 15) is 4.39 Å².